The highest BCUT2D eigenvalue weighted by Gasteiger charge is 2.10. The van der Waals surface area contributed by atoms with E-state index in [1.165, 1.54) is 0 Å². The van der Waals surface area contributed by atoms with Gasteiger partial charge in [-0.05, 0) is 33.6 Å². The molecular weight excluding hydrogens is 306 g/mol. The third-order valence-corrected chi connectivity index (χ3v) is 3.14. The maximum atomic E-state index is 11.8. The lowest BCUT2D eigenvalue weighted by Gasteiger charge is -2.12. The summed E-state index contributed by atoms with van der Waals surface area (Å²) in [6.07, 6.45) is 1.59. The van der Waals surface area contributed by atoms with Crippen molar-refractivity contribution in [2.24, 2.45) is 5.73 Å². The van der Waals surface area contributed by atoms with E-state index in [1.54, 1.807) is 18.3 Å². The molecule has 5 heteroatoms. The molecule has 0 fully saturated rings. The van der Waals surface area contributed by atoms with Crippen LogP contribution in [0, 0.1) is 0 Å². The van der Waals surface area contributed by atoms with Crippen LogP contribution in [0.3, 0.4) is 0 Å². The first-order valence-corrected chi connectivity index (χ1v) is 6.66. The van der Waals surface area contributed by atoms with E-state index in [9.17, 15) is 4.79 Å². The van der Waals surface area contributed by atoms with Crippen LogP contribution in [0.2, 0.25) is 0 Å². The standard InChI is InChI=1S/C14H14BrN3O/c15-11-6-7-13(17-8-11)14(19)18-9-12(16)10-4-2-1-3-5-10/h1-8,12H,9,16H2,(H,18,19). The summed E-state index contributed by atoms with van der Waals surface area (Å²) in [4.78, 5) is 15.9. The average Bonchev–Trinajstić information content (AvgIpc) is 2.46. The summed E-state index contributed by atoms with van der Waals surface area (Å²) in [6.45, 7) is 0.376. The minimum atomic E-state index is -0.223. The lowest BCUT2D eigenvalue weighted by atomic mass is 10.1. The zero-order valence-electron chi connectivity index (χ0n) is 10.2. The number of pyridine rings is 1. The molecule has 98 valence electrons. The highest BCUT2D eigenvalue weighted by atomic mass is 79.9. The molecule has 1 aromatic heterocycles. The molecule has 0 saturated heterocycles. The number of nitrogens with zero attached hydrogens (tertiary/aromatic N) is 1. The molecule has 19 heavy (non-hydrogen) atoms. The van der Waals surface area contributed by atoms with Gasteiger partial charge >= 0.3 is 0 Å². The minimum absolute atomic E-state index is 0.222. The van der Waals surface area contributed by atoms with Gasteiger partial charge in [0.1, 0.15) is 5.69 Å². The molecule has 1 aromatic carbocycles. The molecule has 1 atom stereocenters. The van der Waals surface area contributed by atoms with Crippen LogP contribution < -0.4 is 11.1 Å². The molecular formula is C14H14BrN3O. The maximum Gasteiger partial charge on any atom is 0.269 e. The zero-order chi connectivity index (χ0) is 13.7. The molecule has 0 aliphatic carbocycles. The van der Waals surface area contributed by atoms with Crippen LogP contribution in [-0.4, -0.2) is 17.4 Å². The first-order valence-electron chi connectivity index (χ1n) is 5.87. The number of benzene rings is 1. The number of nitrogens with two attached hydrogens (primary N) is 1. The molecule has 0 radical (unpaired) electrons. The van der Waals surface area contributed by atoms with Gasteiger partial charge in [-0.25, -0.2) is 4.98 Å². The summed E-state index contributed by atoms with van der Waals surface area (Å²) < 4.78 is 0.838. The van der Waals surface area contributed by atoms with Gasteiger partial charge in [0.25, 0.3) is 5.91 Å². The zero-order valence-corrected chi connectivity index (χ0v) is 11.8. The number of carbonyl (C=O) groups excluding carboxylic acids is 1. The molecule has 1 amide bonds. The van der Waals surface area contributed by atoms with Crippen LogP contribution >= 0.6 is 15.9 Å². The number of halogens is 1. The largest absolute Gasteiger partial charge is 0.349 e. The van der Waals surface area contributed by atoms with Gasteiger partial charge < -0.3 is 11.1 Å². The Morgan fingerprint density at radius 3 is 2.63 bits per heavy atom. The second-order valence-electron chi connectivity index (χ2n) is 4.09. The Morgan fingerprint density at radius 2 is 2.00 bits per heavy atom. The quantitative estimate of drug-likeness (QED) is 0.908. The van der Waals surface area contributed by atoms with Gasteiger partial charge in [0.15, 0.2) is 0 Å². The number of hydrogen-bond acceptors (Lipinski definition) is 3. The maximum absolute atomic E-state index is 11.8. The van der Waals surface area contributed by atoms with Gasteiger partial charge in [0.2, 0.25) is 0 Å². The number of carbonyl (C=O) groups is 1. The molecule has 1 heterocycles. The van der Waals surface area contributed by atoms with Crippen molar-refractivity contribution in [1.82, 2.24) is 10.3 Å². The molecule has 0 aliphatic rings. The van der Waals surface area contributed by atoms with Crippen LogP contribution in [0.5, 0.6) is 0 Å². The first-order chi connectivity index (χ1) is 9.16. The summed E-state index contributed by atoms with van der Waals surface area (Å²) in [5.74, 6) is -0.223. The third kappa shape index (κ3) is 3.87. The number of nitrogens with one attached hydrogen (secondary N) is 1. The molecule has 2 aromatic rings. The molecule has 0 aliphatic heterocycles. The smallest absolute Gasteiger partial charge is 0.269 e. The van der Waals surface area contributed by atoms with Gasteiger partial charge in [-0.1, -0.05) is 30.3 Å². The molecule has 0 spiro atoms. The van der Waals surface area contributed by atoms with Gasteiger partial charge in [0, 0.05) is 23.3 Å². The fourth-order valence-electron chi connectivity index (χ4n) is 1.62. The number of hydrogen-bond donors (Lipinski definition) is 2. The lowest BCUT2D eigenvalue weighted by Crippen LogP contribution is -2.32. The highest BCUT2D eigenvalue weighted by Crippen LogP contribution is 2.09. The lowest BCUT2D eigenvalue weighted by molar-refractivity contribution is 0.0946. The molecule has 4 nitrogen and oxygen atoms in total. The molecule has 2 rings (SSSR count). The van der Waals surface area contributed by atoms with Crippen LogP contribution in [-0.2, 0) is 0 Å². The Bertz CT molecular complexity index is 542. The van der Waals surface area contributed by atoms with E-state index < -0.39 is 0 Å². The van der Waals surface area contributed by atoms with Crippen molar-refractivity contribution >= 4 is 21.8 Å². The van der Waals surface area contributed by atoms with E-state index in [-0.39, 0.29) is 11.9 Å². The third-order valence-electron chi connectivity index (χ3n) is 2.67. The Labute approximate surface area is 120 Å². The van der Waals surface area contributed by atoms with Crippen molar-refractivity contribution in [1.29, 1.82) is 0 Å². The normalized spacial score (nSPS) is 11.9. The van der Waals surface area contributed by atoms with Crippen molar-refractivity contribution in [2.45, 2.75) is 6.04 Å². The predicted octanol–water partition coefficient (Wildman–Crippen LogP) is 2.27. The van der Waals surface area contributed by atoms with Crippen molar-refractivity contribution in [3.05, 3.63) is 64.4 Å². The van der Waals surface area contributed by atoms with Gasteiger partial charge in [-0.3, -0.25) is 4.79 Å². The number of amides is 1. The number of rotatable bonds is 4. The number of aromatic nitrogens is 1. The Hall–Kier alpha value is -1.72. The summed E-state index contributed by atoms with van der Waals surface area (Å²) >= 11 is 3.27. The van der Waals surface area contributed by atoms with Gasteiger partial charge in [0.05, 0.1) is 0 Å². The highest BCUT2D eigenvalue weighted by molar-refractivity contribution is 9.10. The second kappa shape index (κ2) is 6.45. The summed E-state index contributed by atoms with van der Waals surface area (Å²) in [7, 11) is 0. The average molecular weight is 320 g/mol. The van der Waals surface area contributed by atoms with E-state index in [1.807, 2.05) is 30.3 Å². The van der Waals surface area contributed by atoms with Crippen LogP contribution in [0.1, 0.15) is 22.1 Å². The van der Waals surface area contributed by atoms with E-state index >= 15 is 0 Å². The predicted molar refractivity (Wildman–Crippen MR) is 77.6 cm³/mol. The topological polar surface area (TPSA) is 68.0 Å². The van der Waals surface area contributed by atoms with Gasteiger partial charge in [-0.15, -0.1) is 0 Å². The van der Waals surface area contributed by atoms with E-state index in [0.29, 0.717) is 12.2 Å². The summed E-state index contributed by atoms with van der Waals surface area (Å²) in [6, 6.07) is 12.9. The molecule has 3 N–H and O–H groups in total. The molecule has 1 unspecified atom stereocenters. The van der Waals surface area contributed by atoms with E-state index in [4.69, 9.17) is 5.73 Å². The van der Waals surface area contributed by atoms with Crippen molar-refractivity contribution < 1.29 is 4.79 Å². The minimum Gasteiger partial charge on any atom is -0.349 e. The Balaban J connectivity index is 1.92. The van der Waals surface area contributed by atoms with Crippen molar-refractivity contribution in [3.8, 4) is 0 Å². The van der Waals surface area contributed by atoms with E-state index in [0.717, 1.165) is 10.0 Å². The van der Waals surface area contributed by atoms with Gasteiger partial charge in [-0.2, -0.15) is 0 Å². The fourth-order valence-corrected chi connectivity index (χ4v) is 1.86. The van der Waals surface area contributed by atoms with Crippen LogP contribution in [0.15, 0.2) is 53.1 Å². The van der Waals surface area contributed by atoms with Crippen LogP contribution in [0.4, 0.5) is 0 Å². The second-order valence-corrected chi connectivity index (χ2v) is 5.00. The van der Waals surface area contributed by atoms with Crippen molar-refractivity contribution in [2.75, 3.05) is 6.54 Å². The monoisotopic (exact) mass is 319 g/mol. The van der Waals surface area contributed by atoms with Crippen molar-refractivity contribution in [3.63, 3.8) is 0 Å². The Kier molecular flexibility index (Phi) is 4.65. The first kappa shape index (κ1) is 13.7. The molecule has 0 saturated carbocycles. The fraction of sp³-hybridized carbons (Fsp3) is 0.143. The summed E-state index contributed by atoms with van der Waals surface area (Å²) in [5, 5.41) is 2.77. The Morgan fingerprint density at radius 1 is 1.26 bits per heavy atom. The summed E-state index contributed by atoms with van der Waals surface area (Å²) in [5.41, 5.74) is 7.37. The molecule has 0 bridgehead atoms. The SMILES string of the molecule is NC(CNC(=O)c1ccc(Br)cn1)c1ccccc1. The van der Waals surface area contributed by atoms with Crippen LogP contribution in [0.25, 0.3) is 0 Å². The van der Waals surface area contributed by atoms with E-state index in [2.05, 4.69) is 26.2 Å².